The summed E-state index contributed by atoms with van der Waals surface area (Å²) in [6, 6.07) is 0.406. The van der Waals surface area contributed by atoms with Crippen molar-refractivity contribution in [3.05, 3.63) is 0 Å². The molecular formula is C19H33NO. The molecule has 2 N–H and O–H groups in total. The van der Waals surface area contributed by atoms with E-state index in [9.17, 15) is 0 Å². The SMILES string of the molecule is CC12CC3CC(C)(C1)CC(C(N)CCC1CCCO1)(C3)C2. The van der Waals surface area contributed by atoms with Gasteiger partial charge in [0.15, 0.2) is 0 Å². The van der Waals surface area contributed by atoms with Gasteiger partial charge in [0, 0.05) is 12.6 Å². The van der Waals surface area contributed by atoms with Crippen LogP contribution in [0.1, 0.15) is 78.1 Å². The summed E-state index contributed by atoms with van der Waals surface area (Å²) in [5, 5.41) is 0. The highest BCUT2D eigenvalue weighted by Crippen LogP contribution is 2.70. The minimum absolute atomic E-state index is 0.406. The first-order valence-electron chi connectivity index (χ1n) is 9.28. The largest absolute Gasteiger partial charge is 0.378 e. The third kappa shape index (κ3) is 2.47. The molecule has 4 atom stereocenters. The molecule has 1 saturated heterocycles. The normalized spacial score (nSPS) is 53.3. The highest BCUT2D eigenvalue weighted by Gasteiger charge is 2.61. The lowest BCUT2D eigenvalue weighted by Crippen LogP contribution is -2.60. The van der Waals surface area contributed by atoms with E-state index in [1.807, 2.05) is 0 Å². The average molecular weight is 291 g/mol. The summed E-state index contributed by atoms with van der Waals surface area (Å²) >= 11 is 0. The molecule has 120 valence electrons. The Hall–Kier alpha value is -0.0800. The Bertz CT molecular complexity index is 396. The minimum atomic E-state index is 0.406. The maximum Gasteiger partial charge on any atom is 0.0576 e. The maximum absolute atomic E-state index is 6.81. The van der Waals surface area contributed by atoms with E-state index >= 15 is 0 Å². The van der Waals surface area contributed by atoms with Gasteiger partial charge in [-0.05, 0) is 86.4 Å². The van der Waals surface area contributed by atoms with Crippen molar-refractivity contribution in [2.45, 2.75) is 90.2 Å². The zero-order valence-corrected chi connectivity index (χ0v) is 14.0. The van der Waals surface area contributed by atoms with Crippen molar-refractivity contribution in [3.8, 4) is 0 Å². The molecule has 2 nitrogen and oxygen atoms in total. The Morgan fingerprint density at radius 1 is 1.10 bits per heavy atom. The van der Waals surface area contributed by atoms with Crippen molar-refractivity contribution in [1.82, 2.24) is 0 Å². The molecule has 4 bridgehead atoms. The van der Waals surface area contributed by atoms with Gasteiger partial charge in [-0.25, -0.2) is 0 Å². The number of hydrogen-bond donors (Lipinski definition) is 1. The Morgan fingerprint density at radius 3 is 2.38 bits per heavy atom. The second-order valence-electron chi connectivity index (χ2n) is 9.81. The first-order valence-corrected chi connectivity index (χ1v) is 9.28. The summed E-state index contributed by atoms with van der Waals surface area (Å²) in [5.41, 5.74) is 8.46. The molecule has 0 radical (unpaired) electrons. The van der Waals surface area contributed by atoms with Crippen LogP contribution in [0.2, 0.25) is 0 Å². The molecule has 1 heterocycles. The van der Waals surface area contributed by atoms with E-state index in [1.165, 1.54) is 64.2 Å². The molecule has 0 aromatic heterocycles. The van der Waals surface area contributed by atoms with Gasteiger partial charge in [-0.15, -0.1) is 0 Å². The molecule has 4 aliphatic carbocycles. The first-order chi connectivity index (χ1) is 9.91. The monoisotopic (exact) mass is 291 g/mol. The van der Waals surface area contributed by atoms with E-state index < -0.39 is 0 Å². The number of hydrogen-bond acceptors (Lipinski definition) is 2. The van der Waals surface area contributed by atoms with E-state index in [2.05, 4.69) is 13.8 Å². The van der Waals surface area contributed by atoms with Crippen molar-refractivity contribution in [3.63, 3.8) is 0 Å². The second kappa shape index (κ2) is 4.71. The first kappa shape index (κ1) is 14.5. The molecule has 0 aromatic carbocycles. The lowest BCUT2D eigenvalue weighted by atomic mass is 9.39. The van der Waals surface area contributed by atoms with Gasteiger partial charge in [-0.2, -0.15) is 0 Å². The van der Waals surface area contributed by atoms with Gasteiger partial charge in [-0.1, -0.05) is 13.8 Å². The molecular weight excluding hydrogens is 258 g/mol. The van der Waals surface area contributed by atoms with Crippen molar-refractivity contribution in [2.75, 3.05) is 6.61 Å². The van der Waals surface area contributed by atoms with Crippen LogP contribution in [-0.2, 0) is 4.74 Å². The predicted molar refractivity (Wildman–Crippen MR) is 86.0 cm³/mol. The fourth-order valence-electron chi connectivity index (χ4n) is 7.49. The number of rotatable bonds is 4. The molecule has 5 fully saturated rings. The smallest absolute Gasteiger partial charge is 0.0576 e. The molecule has 5 rings (SSSR count). The Balaban J connectivity index is 1.48. The number of nitrogens with two attached hydrogens (primary N) is 1. The van der Waals surface area contributed by atoms with Crippen LogP contribution in [0.25, 0.3) is 0 Å². The molecule has 1 aliphatic heterocycles. The van der Waals surface area contributed by atoms with Crippen LogP contribution in [0.3, 0.4) is 0 Å². The molecule has 0 aromatic rings. The van der Waals surface area contributed by atoms with E-state index in [1.54, 1.807) is 0 Å². The fourth-order valence-corrected chi connectivity index (χ4v) is 7.49. The van der Waals surface area contributed by atoms with E-state index in [4.69, 9.17) is 10.5 Å². The van der Waals surface area contributed by atoms with Gasteiger partial charge < -0.3 is 10.5 Å². The third-order valence-electron chi connectivity index (χ3n) is 7.28. The van der Waals surface area contributed by atoms with Gasteiger partial charge >= 0.3 is 0 Å². The van der Waals surface area contributed by atoms with Gasteiger partial charge in [-0.3, -0.25) is 0 Å². The van der Waals surface area contributed by atoms with E-state index in [0.717, 1.165) is 12.5 Å². The molecule has 0 spiro atoms. The molecule has 2 heteroatoms. The van der Waals surface area contributed by atoms with Crippen molar-refractivity contribution >= 4 is 0 Å². The molecule has 5 aliphatic rings. The highest BCUT2D eigenvalue weighted by atomic mass is 16.5. The summed E-state index contributed by atoms with van der Waals surface area (Å²) in [6.45, 7) is 6.08. The lowest BCUT2D eigenvalue weighted by molar-refractivity contribution is -0.155. The van der Waals surface area contributed by atoms with Crippen LogP contribution < -0.4 is 5.73 Å². The molecule has 4 unspecified atom stereocenters. The van der Waals surface area contributed by atoms with Crippen LogP contribution in [0.4, 0.5) is 0 Å². The Labute approximate surface area is 130 Å². The van der Waals surface area contributed by atoms with Gasteiger partial charge in [0.05, 0.1) is 6.10 Å². The van der Waals surface area contributed by atoms with Gasteiger partial charge in [0.2, 0.25) is 0 Å². The molecule has 21 heavy (non-hydrogen) atoms. The van der Waals surface area contributed by atoms with E-state index in [-0.39, 0.29) is 0 Å². The molecule has 0 amide bonds. The third-order valence-corrected chi connectivity index (χ3v) is 7.28. The van der Waals surface area contributed by atoms with Crippen LogP contribution in [0.15, 0.2) is 0 Å². The van der Waals surface area contributed by atoms with Crippen molar-refractivity contribution in [2.24, 2.45) is 27.9 Å². The number of ether oxygens (including phenoxy) is 1. The fraction of sp³-hybridized carbons (Fsp3) is 1.00. The van der Waals surface area contributed by atoms with Crippen LogP contribution in [0.5, 0.6) is 0 Å². The standard InChI is InChI=1S/C19H33NO/c1-17-8-14-9-18(2,11-17)13-19(10-14,12-17)16(20)6-5-15-4-3-7-21-15/h14-16H,3-13,20H2,1-2H3. The van der Waals surface area contributed by atoms with Crippen LogP contribution in [0, 0.1) is 22.2 Å². The molecule has 4 saturated carbocycles. The van der Waals surface area contributed by atoms with Crippen molar-refractivity contribution < 1.29 is 4.74 Å². The predicted octanol–water partition coefficient (Wildman–Crippen LogP) is 4.27. The topological polar surface area (TPSA) is 35.2 Å². The Morgan fingerprint density at radius 2 is 1.81 bits per heavy atom. The summed E-state index contributed by atoms with van der Waals surface area (Å²) < 4.78 is 5.81. The lowest BCUT2D eigenvalue weighted by Gasteiger charge is -2.67. The van der Waals surface area contributed by atoms with Crippen LogP contribution in [-0.4, -0.2) is 18.8 Å². The zero-order chi connectivity index (χ0) is 14.7. The maximum atomic E-state index is 6.81. The zero-order valence-electron chi connectivity index (χ0n) is 14.0. The van der Waals surface area contributed by atoms with Crippen molar-refractivity contribution in [1.29, 1.82) is 0 Å². The quantitative estimate of drug-likeness (QED) is 0.839. The van der Waals surface area contributed by atoms with Crippen LogP contribution >= 0.6 is 0 Å². The van der Waals surface area contributed by atoms with E-state index in [0.29, 0.717) is 28.4 Å². The van der Waals surface area contributed by atoms with Gasteiger partial charge in [0.1, 0.15) is 0 Å². The Kier molecular flexibility index (Phi) is 3.25. The second-order valence-corrected chi connectivity index (χ2v) is 9.81. The van der Waals surface area contributed by atoms with Gasteiger partial charge in [0.25, 0.3) is 0 Å². The summed E-state index contributed by atoms with van der Waals surface area (Å²) in [7, 11) is 0. The summed E-state index contributed by atoms with van der Waals surface area (Å²) in [4.78, 5) is 0. The average Bonchev–Trinajstić information content (AvgIpc) is 2.84. The highest BCUT2D eigenvalue weighted by molar-refractivity contribution is 5.13. The summed E-state index contributed by atoms with van der Waals surface area (Å²) in [5.74, 6) is 0.963. The summed E-state index contributed by atoms with van der Waals surface area (Å²) in [6.07, 6.45) is 14.0. The minimum Gasteiger partial charge on any atom is -0.378 e.